The first-order chi connectivity index (χ1) is 10.8. The number of halogens is 2. The molecular weight excluding hydrogens is 328 g/mol. The summed E-state index contributed by atoms with van der Waals surface area (Å²) in [5.74, 6) is -1.18. The molecule has 0 aromatic heterocycles. The summed E-state index contributed by atoms with van der Waals surface area (Å²) in [6, 6.07) is 6.65. The molecule has 0 aliphatic rings. The van der Waals surface area contributed by atoms with Crippen LogP contribution in [-0.2, 0) is 10.0 Å². The molecule has 0 atom stereocenters. The number of hydrogen-bond acceptors (Lipinski definition) is 4. The molecule has 0 fully saturated rings. The van der Waals surface area contributed by atoms with Crippen molar-refractivity contribution in [2.24, 2.45) is 0 Å². The van der Waals surface area contributed by atoms with Crippen LogP contribution < -0.4 is 9.46 Å². The van der Waals surface area contributed by atoms with Crippen LogP contribution in [0.2, 0.25) is 0 Å². The van der Waals surface area contributed by atoms with E-state index in [-0.39, 0.29) is 35.1 Å². The number of rotatable bonds is 6. The van der Waals surface area contributed by atoms with Crippen LogP contribution in [-0.4, -0.2) is 26.7 Å². The Bertz CT molecular complexity index is 809. The first-order valence-corrected chi connectivity index (χ1v) is 8.14. The summed E-state index contributed by atoms with van der Waals surface area (Å²) in [6.45, 7) is 1.02. The van der Waals surface area contributed by atoms with Gasteiger partial charge in [0.2, 0.25) is 0 Å². The highest BCUT2D eigenvalue weighted by Gasteiger charge is 2.18. The molecule has 8 heteroatoms. The standard InChI is InChI=1S/C15H15F2NO4S/c1-10-8-12(3-4-13(10)17)23(20,21)18-14-5-2-11(16)9-15(14)22-7-6-19/h2-5,8-9,18-19H,6-7H2,1H3. The minimum absolute atomic E-state index is 0.0156. The molecule has 23 heavy (non-hydrogen) atoms. The Balaban J connectivity index is 2.34. The Morgan fingerprint density at radius 2 is 1.91 bits per heavy atom. The molecule has 2 aromatic carbocycles. The average molecular weight is 343 g/mol. The van der Waals surface area contributed by atoms with Gasteiger partial charge in [0.05, 0.1) is 17.2 Å². The van der Waals surface area contributed by atoms with Crippen LogP contribution in [0.3, 0.4) is 0 Å². The first kappa shape index (κ1) is 17.2. The zero-order chi connectivity index (χ0) is 17.0. The van der Waals surface area contributed by atoms with Gasteiger partial charge in [-0.2, -0.15) is 0 Å². The van der Waals surface area contributed by atoms with Crippen molar-refractivity contribution in [3.8, 4) is 5.75 Å². The number of hydrogen-bond donors (Lipinski definition) is 2. The third kappa shape index (κ3) is 4.17. The van der Waals surface area contributed by atoms with Crippen molar-refractivity contribution in [3.05, 3.63) is 53.6 Å². The van der Waals surface area contributed by atoms with Crippen LogP contribution in [0.5, 0.6) is 5.75 Å². The molecular formula is C15H15F2NO4S. The Morgan fingerprint density at radius 3 is 2.57 bits per heavy atom. The molecule has 0 saturated heterocycles. The van der Waals surface area contributed by atoms with Crippen LogP contribution in [0.4, 0.5) is 14.5 Å². The number of sulfonamides is 1. The maximum Gasteiger partial charge on any atom is 0.262 e. The lowest BCUT2D eigenvalue weighted by molar-refractivity contribution is 0.201. The third-order valence-electron chi connectivity index (χ3n) is 2.98. The van der Waals surface area contributed by atoms with Crippen LogP contribution in [0.1, 0.15) is 5.56 Å². The Labute approximate surface area is 132 Å². The van der Waals surface area contributed by atoms with Gasteiger partial charge in [-0.05, 0) is 42.8 Å². The van der Waals surface area contributed by atoms with E-state index in [0.717, 1.165) is 24.3 Å². The number of aryl methyl sites for hydroxylation is 1. The number of ether oxygens (including phenoxy) is 1. The molecule has 0 aliphatic carbocycles. The van der Waals surface area contributed by atoms with E-state index in [1.54, 1.807) is 0 Å². The van der Waals surface area contributed by atoms with Crippen molar-refractivity contribution in [1.29, 1.82) is 0 Å². The van der Waals surface area contributed by atoms with Crippen molar-refractivity contribution >= 4 is 15.7 Å². The van der Waals surface area contributed by atoms with Gasteiger partial charge in [0.25, 0.3) is 10.0 Å². The summed E-state index contributed by atoms with van der Waals surface area (Å²) in [5, 5.41) is 8.76. The van der Waals surface area contributed by atoms with Gasteiger partial charge in [-0.15, -0.1) is 0 Å². The summed E-state index contributed by atoms with van der Waals surface area (Å²) >= 11 is 0. The van der Waals surface area contributed by atoms with Gasteiger partial charge < -0.3 is 9.84 Å². The van der Waals surface area contributed by atoms with E-state index in [0.29, 0.717) is 0 Å². The fourth-order valence-electron chi connectivity index (χ4n) is 1.84. The highest BCUT2D eigenvalue weighted by Crippen LogP contribution is 2.28. The minimum atomic E-state index is -3.99. The van der Waals surface area contributed by atoms with Gasteiger partial charge in [-0.3, -0.25) is 4.72 Å². The fraction of sp³-hybridized carbons (Fsp3) is 0.200. The number of aliphatic hydroxyl groups is 1. The maximum atomic E-state index is 13.3. The third-order valence-corrected chi connectivity index (χ3v) is 4.34. The summed E-state index contributed by atoms with van der Waals surface area (Å²) < 4.78 is 58.6. The second-order valence-electron chi connectivity index (χ2n) is 4.73. The molecule has 0 saturated carbocycles. The van der Waals surface area contributed by atoms with Crippen molar-refractivity contribution in [2.45, 2.75) is 11.8 Å². The topological polar surface area (TPSA) is 75.6 Å². The van der Waals surface area contributed by atoms with Gasteiger partial charge in [-0.1, -0.05) is 0 Å². The maximum absolute atomic E-state index is 13.3. The molecule has 0 radical (unpaired) electrons. The molecule has 2 aromatic rings. The van der Waals surface area contributed by atoms with E-state index >= 15 is 0 Å². The molecule has 0 aliphatic heterocycles. The quantitative estimate of drug-likeness (QED) is 0.845. The number of aliphatic hydroxyl groups excluding tert-OH is 1. The SMILES string of the molecule is Cc1cc(S(=O)(=O)Nc2ccc(F)cc2OCCO)ccc1F. The molecule has 0 unspecified atom stereocenters. The van der Waals surface area contributed by atoms with E-state index in [4.69, 9.17) is 9.84 Å². The molecule has 0 heterocycles. The Morgan fingerprint density at radius 1 is 1.17 bits per heavy atom. The zero-order valence-corrected chi connectivity index (χ0v) is 13.0. The molecule has 0 spiro atoms. The van der Waals surface area contributed by atoms with E-state index in [1.165, 1.54) is 19.1 Å². The summed E-state index contributed by atoms with van der Waals surface area (Å²) in [7, 11) is -3.99. The van der Waals surface area contributed by atoms with Crippen molar-refractivity contribution in [2.75, 3.05) is 17.9 Å². The van der Waals surface area contributed by atoms with Gasteiger partial charge in [0.15, 0.2) is 0 Å². The van der Waals surface area contributed by atoms with Gasteiger partial charge >= 0.3 is 0 Å². The first-order valence-electron chi connectivity index (χ1n) is 6.65. The predicted molar refractivity (Wildman–Crippen MR) is 80.9 cm³/mol. The molecule has 2 rings (SSSR count). The molecule has 5 nitrogen and oxygen atoms in total. The second-order valence-corrected chi connectivity index (χ2v) is 6.41. The smallest absolute Gasteiger partial charge is 0.262 e. The normalized spacial score (nSPS) is 11.3. The highest BCUT2D eigenvalue weighted by atomic mass is 32.2. The molecule has 0 bridgehead atoms. The lowest BCUT2D eigenvalue weighted by atomic mass is 10.2. The largest absolute Gasteiger partial charge is 0.489 e. The summed E-state index contributed by atoms with van der Waals surface area (Å²) in [6.07, 6.45) is 0. The van der Waals surface area contributed by atoms with E-state index < -0.39 is 21.7 Å². The van der Waals surface area contributed by atoms with Crippen LogP contribution >= 0.6 is 0 Å². The lowest BCUT2D eigenvalue weighted by Crippen LogP contribution is -2.15. The second kappa shape index (κ2) is 6.93. The highest BCUT2D eigenvalue weighted by molar-refractivity contribution is 7.92. The Hall–Kier alpha value is -2.19. The predicted octanol–water partition coefficient (Wildman–Crippen LogP) is 2.45. The minimum Gasteiger partial charge on any atom is -0.489 e. The van der Waals surface area contributed by atoms with Crippen molar-refractivity contribution in [3.63, 3.8) is 0 Å². The van der Waals surface area contributed by atoms with E-state index in [1.807, 2.05) is 0 Å². The van der Waals surface area contributed by atoms with Crippen LogP contribution in [0.15, 0.2) is 41.3 Å². The van der Waals surface area contributed by atoms with E-state index in [2.05, 4.69) is 4.72 Å². The average Bonchev–Trinajstić information content (AvgIpc) is 2.50. The summed E-state index contributed by atoms with van der Waals surface area (Å²) in [4.78, 5) is -0.131. The number of nitrogens with one attached hydrogen (secondary N) is 1. The fourth-order valence-corrected chi connectivity index (χ4v) is 3.00. The zero-order valence-electron chi connectivity index (χ0n) is 12.2. The number of anilines is 1. The van der Waals surface area contributed by atoms with Crippen LogP contribution in [0, 0.1) is 18.6 Å². The summed E-state index contributed by atoms with van der Waals surface area (Å²) in [5.41, 5.74) is 0.200. The lowest BCUT2D eigenvalue weighted by Gasteiger charge is -2.13. The monoisotopic (exact) mass is 343 g/mol. The Kier molecular flexibility index (Phi) is 5.17. The van der Waals surface area contributed by atoms with Gasteiger partial charge in [0, 0.05) is 6.07 Å². The van der Waals surface area contributed by atoms with Gasteiger partial charge in [-0.25, -0.2) is 17.2 Å². The molecule has 0 amide bonds. The van der Waals surface area contributed by atoms with Crippen LogP contribution in [0.25, 0.3) is 0 Å². The van der Waals surface area contributed by atoms with Crippen molar-refractivity contribution in [1.82, 2.24) is 0 Å². The molecule has 2 N–H and O–H groups in total. The van der Waals surface area contributed by atoms with Crippen molar-refractivity contribution < 1.29 is 27.0 Å². The molecule has 124 valence electrons. The number of benzene rings is 2. The van der Waals surface area contributed by atoms with E-state index in [9.17, 15) is 17.2 Å². The van der Waals surface area contributed by atoms with Gasteiger partial charge in [0.1, 0.15) is 24.0 Å².